The molecule has 1 atom stereocenters. The third kappa shape index (κ3) is 3.47. The number of hydrogen-bond donors (Lipinski definition) is 0. The SMILES string of the molecule is Fc1cccc(C2(Cn3ccnc3)COC(c3ccc(-c4ccccc4)s3)=N2)c1. The second-order valence-corrected chi connectivity index (χ2v) is 8.10. The molecule has 0 saturated heterocycles. The highest BCUT2D eigenvalue weighted by molar-refractivity contribution is 7.17. The molecule has 5 rings (SSSR count). The Labute approximate surface area is 172 Å². The van der Waals surface area contributed by atoms with E-state index < -0.39 is 5.54 Å². The summed E-state index contributed by atoms with van der Waals surface area (Å²) >= 11 is 1.64. The molecule has 1 aliphatic rings. The lowest BCUT2D eigenvalue weighted by Crippen LogP contribution is -2.31. The molecule has 29 heavy (non-hydrogen) atoms. The minimum absolute atomic E-state index is 0.279. The molecule has 0 radical (unpaired) electrons. The largest absolute Gasteiger partial charge is 0.474 e. The van der Waals surface area contributed by atoms with Crippen LogP contribution in [0, 0.1) is 5.82 Å². The molecule has 2 aromatic carbocycles. The van der Waals surface area contributed by atoms with Crippen molar-refractivity contribution < 1.29 is 9.13 Å². The van der Waals surface area contributed by atoms with E-state index >= 15 is 0 Å². The van der Waals surface area contributed by atoms with Gasteiger partial charge in [-0.25, -0.2) is 14.4 Å². The summed E-state index contributed by atoms with van der Waals surface area (Å²) in [6.45, 7) is 0.874. The summed E-state index contributed by atoms with van der Waals surface area (Å²) in [7, 11) is 0. The summed E-state index contributed by atoms with van der Waals surface area (Å²) in [5.41, 5.74) is 1.26. The molecule has 1 aliphatic heterocycles. The minimum atomic E-state index is -0.699. The highest BCUT2D eigenvalue weighted by atomic mass is 32.1. The lowest BCUT2D eigenvalue weighted by atomic mass is 9.91. The number of halogens is 1. The van der Waals surface area contributed by atoms with Gasteiger partial charge >= 0.3 is 0 Å². The van der Waals surface area contributed by atoms with E-state index in [0.29, 0.717) is 19.0 Å². The van der Waals surface area contributed by atoms with Gasteiger partial charge in [-0.15, -0.1) is 11.3 Å². The fourth-order valence-corrected chi connectivity index (χ4v) is 4.52. The Morgan fingerprint density at radius 2 is 1.90 bits per heavy atom. The molecule has 0 amide bonds. The van der Waals surface area contributed by atoms with Crippen molar-refractivity contribution in [2.45, 2.75) is 12.1 Å². The van der Waals surface area contributed by atoms with E-state index in [9.17, 15) is 4.39 Å². The fourth-order valence-electron chi connectivity index (χ4n) is 3.56. The van der Waals surface area contributed by atoms with Crippen LogP contribution in [0.25, 0.3) is 10.4 Å². The van der Waals surface area contributed by atoms with Crippen molar-refractivity contribution in [2.75, 3.05) is 6.61 Å². The van der Waals surface area contributed by atoms with Crippen molar-refractivity contribution >= 4 is 17.2 Å². The van der Waals surface area contributed by atoms with Gasteiger partial charge in [-0.3, -0.25) is 0 Å². The fraction of sp³-hybridized carbons (Fsp3) is 0.130. The van der Waals surface area contributed by atoms with Crippen LogP contribution in [0.15, 0.2) is 90.4 Å². The van der Waals surface area contributed by atoms with E-state index in [-0.39, 0.29) is 5.82 Å². The maximum absolute atomic E-state index is 14.0. The van der Waals surface area contributed by atoms with E-state index in [1.165, 1.54) is 12.1 Å². The van der Waals surface area contributed by atoms with Gasteiger partial charge in [-0.05, 0) is 35.4 Å². The molecule has 0 spiro atoms. The molecule has 4 nitrogen and oxygen atoms in total. The van der Waals surface area contributed by atoms with Crippen LogP contribution in [0.3, 0.4) is 0 Å². The number of nitrogens with zero attached hydrogens (tertiary/aromatic N) is 3. The Hall–Kier alpha value is -3.25. The summed E-state index contributed by atoms with van der Waals surface area (Å²) in [5.74, 6) is 0.320. The number of imidazole rings is 1. The maximum atomic E-state index is 14.0. The van der Waals surface area contributed by atoms with Gasteiger partial charge in [-0.2, -0.15) is 0 Å². The van der Waals surface area contributed by atoms with Crippen molar-refractivity contribution in [3.8, 4) is 10.4 Å². The lowest BCUT2D eigenvalue weighted by molar-refractivity contribution is 0.235. The van der Waals surface area contributed by atoms with Crippen LogP contribution in [0.1, 0.15) is 10.4 Å². The Morgan fingerprint density at radius 3 is 2.69 bits per heavy atom. The topological polar surface area (TPSA) is 39.4 Å². The zero-order valence-electron chi connectivity index (χ0n) is 15.5. The predicted octanol–water partition coefficient (Wildman–Crippen LogP) is 5.12. The summed E-state index contributed by atoms with van der Waals surface area (Å²) in [6.07, 6.45) is 5.35. The van der Waals surface area contributed by atoms with Crippen LogP contribution in [-0.2, 0) is 16.8 Å². The molecular weight excluding hydrogens is 385 g/mol. The summed E-state index contributed by atoms with van der Waals surface area (Å²) < 4.78 is 22.0. The monoisotopic (exact) mass is 403 g/mol. The molecule has 3 heterocycles. The number of aromatic nitrogens is 2. The highest BCUT2D eigenvalue weighted by Crippen LogP contribution is 2.37. The number of thiophene rings is 1. The first-order valence-corrected chi connectivity index (χ1v) is 10.1. The summed E-state index contributed by atoms with van der Waals surface area (Å²) in [6, 6.07) is 20.9. The van der Waals surface area contributed by atoms with Gasteiger partial charge in [0.2, 0.25) is 5.90 Å². The number of aliphatic imine (C=N–C) groups is 1. The molecule has 4 aromatic rings. The van der Waals surface area contributed by atoms with Crippen molar-refractivity contribution in [2.24, 2.45) is 4.99 Å². The van der Waals surface area contributed by atoms with Crippen LogP contribution in [0.2, 0.25) is 0 Å². The third-order valence-corrected chi connectivity index (χ3v) is 6.13. The number of ether oxygens (including phenoxy) is 1. The Bertz CT molecular complexity index is 1150. The van der Waals surface area contributed by atoms with Gasteiger partial charge in [0.05, 0.1) is 17.7 Å². The quantitative estimate of drug-likeness (QED) is 0.464. The van der Waals surface area contributed by atoms with E-state index in [2.05, 4.69) is 23.2 Å². The van der Waals surface area contributed by atoms with E-state index in [1.807, 2.05) is 41.1 Å². The Balaban J connectivity index is 1.53. The average molecular weight is 403 g/mol. The van der Waals surface area contributed by atoms with E-state index in [4.69, 9.17) is 9.73 Å². The smallest absolute Gasteiger partial charge is 0.227 e. The first kappa shape index (κ1) is 17.8. The van der Waals surface area contributed by atoms with Gasteiger partial charge in [0.25, 0.3) is 0 Å². The first-order valence-electron chi connectivity index (χ1n) is 9.32. The standard InChI is InChI=1S/C23H18FN3OS/c24-19-8-4-7-18(13-19)23(14-27-12-11-25-16-27)15-28-22(26-23)21-10-9-20(29-21)17-5-2-1-3-6-17/h1-13,16H,14-15H2. The van der Waals surface area contributed by atoms with Crippen LogP contribution < -0.4 is 0 Å². The average Bonchev–Trinajstić information content (AvgIpc) is 3.50. The summed E-state index contributed by atoms with van der Waals surface area (Å²) in [4.78, 5) is 11.2. The zero-order valence-corrected chi connectivity index (χ0v) is 16.3. The lowest BCUT2D eigenvalue weighted by Gasteiger charge is -2.25. The van der Waals surface area contributed by atoms with Gasteiger partial charge < -0.3 is 9.30 Å². The molecular formula is C23H18FN3OS. The molecule has 0 N–H and O–H groups in total. The third-order valence-electron chi connectivity index (χ3n) is 5.00. The predicted molar refractivity (Wildman–Crippen MR) is 113 cm³/mol. The normalized spacial score (nSPS) is 18.4. The van der Waals surface area contributed by atoms with Gasteiger partial charge in [0.1, 0.15) is 18.0 Å². The van der Waals surface area contributed by atoms with Crippen LogP contribution in [0.5, 0.6) is 0 Å². The van der Waals surface area contributed by atoms with Crippen molar-refractivity contribution in [1.82, 2.24) is 9.55 Å². The van der Waals surface area contributed by atoms with Crippen LogP contribution in [-0.4, -0.2) is 22.1 Å². The molecule has 0 saturated carbocycles. The summed E-state index contributed by atoms with van der Waals surface area (Å²) in [5, 5.41) is 0. The van der Waals surface area contributed by atoms with Gasteiger partial charge in [0, 0.05) is 17.3 Å². The molecule has 144 valence electrons. The number of hydrogen-bond acceptors (Lipinski definition) is 4. The number of rotatable bonds is 5. The first-order chi connectivity index (χ1) is 14.2. The Kier molecular flexibility index (Phi) is 4.48. The van der Waals surface area contributed by atoms with Crippen LogP contribution >= 0.6 is 11.3 Å². The maximum Gasteiger partial charge on any atom is 0.227 e. The molecule has 1 unspecified atom stereocenters. The molecule has 6 heteroatoms. The van der Waals surface area contributed by atoms with Crippen LogP contribution in [0.4, 0.5) is 4.39 Å². The number of benzene rings is 2. The minimum Gasteiger partial charge on any atom is -0.474 e. The van der Waals surface area contributed by atoms with Gasteiger partial charge in [0.15, 0.2) is 0 Å². The zero-order chi connectivity index (χ0) is 19.7. The van der Waals surface area contributed by atoms with E-state index in [1.54, 1.807) is 29.9 Å². The van der Waals surface area contributed by atoms with Gasteiger partial charge in [-0.1, -0.05) is 42.5 Å². The van der Waals surface area contributed by atoms with Crippen molar-refractivity contribution in [1.29, 1.82) is 0 Å². The van der Waals surface area contributed by atoms with Crippen molar-refractivity contribution in [3.05, 3.63) is 102 Å². The molecule has 0 aliphatic carbocycles. The molecule has 0 fully saturated rings. The van der Waals surface area contributed by atoms with Crippen molar-refractivity contribution in [3.63, 3.8) is 0 Å². The molecule has 0 bridgehead atoms. The Morgan fingerprint density at radius 1 is 1.03 bits per heavy atom. The molecule has 2 aromatic heterocycles. The second kappa shape index (κ2) is 7.29. The second-order valence-electron chi connectivity index (χ2n) is 7.01. The highest BCUT2D eigenvalue weighted by Gasteiger charge is 2.40. The van der Waals surface area contributed by atoms with E-state index in [0.717, 1.165) is 20.9 Å².